The van der Waals surface area contributed by atoms with Crippen molar-refractivity contribution in [2.45, 2.75) is 62.9 Å². The molecule has 0 spiro atoms. The largest absolute Gasteiger partial charge is 0.480 e. The maximum Gasteiger partial charge on any atom is 0.347 e. The zero-order chi connectivity index (χ0) is 20.5. The summed E-state index contributed by atoms with van der Waals surface area (Å²) in [5, 5.41) is 3.11. The van der Waals surface area contributed by atoms with Gasteiger partial charge in [-0.1, -0.05) is 36.4 Å². The molecule has 2 aliphatic heterocycles. The van der Waals surface area contributed by atoms with Crippen molar-refractivity contribution in [3.63, 3.8) is 0 Å². The Balaban J connectivity index is 1.06. The first kappa shape index (κ1) is 19.0. The number of rotatable bonds is 4. The standard InChI is InChI=1S/C24H25NO5/c26-23(21-13-15-5-1-3-7-19(15)29-21)25-17-9-11-18(12-10-17)28-24(27)22-14-16-6-2-4-8-20(16)30-22/h1-8,17-18,21-22H,9-14H2,(H,25,26). The van der Waals surface area contributed by atoms with Crippen LogP contribution in [0.15, 0.2) is 48.5 Å². The number of amides is 1. The molecule has 2 heterocycles. The summed E-state index contributed by atoms with van der Waals surface area (Å²) in [6, 6.07) is 15.6. The molecule has 1 saturated carbocycles. The predicted octanol–water partition coefficient (Wildman–Crippen LogP) is 2.96. The summed E-state index contributed by atoms with van der Waals surface area (Å²) in [5.41, 5.74) is 2.12. The number of ether oxygens (including phenoxy) is 3. The Labute approximate surface area is 175 Å². The summed E-state index contributed by atoms with van der Waals surface area (Å²) in [7, 11) is 0. The van der Waals surface area contributed by atoms with Crippen molar-refractivity contribution in [2.75, 3.05) is 0 Å². The number of hydrogen-bond donors (Lipinski definition) is 1. The number of fused-ring (bicyclic) bond motifs is 2. The summed E-state index contributed by atoms with van der Waals surface area (Å²) >= 11 is 0. The second kappa shape index (κ2) is 8.01. The molecular formula is C24H25NO5. The molecule has 1 amide bonds. The van der Waals surface area contributed by atoms with Gasteiger partial charge in [0, 0.05) is 18.9 Å². The lowest BCUT2D eigenvalue weighted by Gasteiger charge is -2.30. The van der Waals surface area contributed by atoms with E-state index in [1.165, 1.54) is 0 Å². The van der Waals surface area contributed by atoms with Gasteiger partial charge in [0.05, 0.1) is 0 Å². The second-order valence-corrected chi connectivity index (χ2v) is 8.26. The average Bonchev–Trinajstić information content (AvgIpc) is 3.39. The number of hydrogen-bond acceptors (Lipinski definition) is 5. The molecule has 2 atom stereocenters. The molecule has 2 aromatic carbocycles. The van der Waals surface area contributed by atoms with Crippen molar-refractivity contribution in [1.82, 2.24) is 5.32 Å². The van der Waals surface area contributed by atoms with Gasteiger partial charge in [-0.05, 0) is 48.9 Å². The van der Waals surface area contributed by atoms with E-state index in [2.05, 4.69) is 5.32 Å². The van der Waals surface area contributed by atoms with Crippen LogP contribution in [0.1, 0.15) is 36.8 Å². The maximum atomic E-state index is 12.6. The number of benzene rings is 2. The number of carbonyl (C=O) groups is 2. The third kappa shape index (κ3) is 3.86. The molecule has 6 heteroatoms. The van der Waals surface area contributed by atoms with E-state index in [0.717, 1.165) is 48.3 Å². The smallest absolute Gasteiger partial charge is 0.347 e. The summed E-state index contributed by atoms with van der Waals surface area (Å²) in [5.74, 6) is 1.20. The Morgan fingerprint density at radius 3 is 2.00 bits per heavy atom. The van der Waals surface area contributed by atoms with Crippen LogP contribution in [-0.2, 0) is 27.2 Å². The Morgan fingerprint density at radius 2 is 1.37 bits per heavy atom. The summed E-state index contributed by atoms with van der Waals surface area (Å²) in [6.07, 6.45) is 3.09. The van der Waals surface area contributed by atoms with Crippen LogP contribution in [0.25, 0.3) is 0 Å². The first-order chi connectivity index (χ1) is 14.7. The molecule has 1 fully saturated rings. The second-order valence-electron chi connectivity index (χ2n) is 8.26. The lowest BCUT2D eigenvalue weighted by Crippen LogP contribution is -2.45. The van der Waals surface area contributed by atoms with Crippen molar-refractivity contribution < 1.29 is 23.8 Å². The molecule has 1 N–H and O–H groups in total. The number of para-hydroxylation sites is 2. The first-order valence-electron chi connectivity index (χ1n) is 10.7. The average molecular weight is 407 g/mol. The molecule has 0 radical (unpaired) electrons. The topological polar surface area (TPSA) is 73.9 Å². The van der Waals surface area contributed by atoms with Crippen LogP contribution in [0.5, 0.6) is 11.5 Å². The Bertz CT molecular complexity index is 823. The van der Waals surface area contributed by atoms with Crippen LogP contribution in [0.4, 0.5) is 0 Å². The van der Waals surface area contributed by atoms with Crippen LogP contribution in [0.2, 0.25) is 0 Å². The zero-order valence-corrected chi connectivity index (χ0v) is 16.7. The molecule has 156 valence electrons. The van der Waals surface area contributed by atoms with E-state index >= 15 is 0 Å². The van der Waals surface area contributed by atoms with Crippen LogP contribution in [0, 0.1) is 0 Å². The molecule has 1 aliphatic carbocycles. The lowest BCUT2D eigenvalue weighted by atomic mass is 9.92. The quantitative estimate of drug-likeness (QED) is 0.789. The van der Waals surface area contributed by atoms with Gasteiger partial charge in [0.1, 0.15) is 17.6 Å². The third-order valence-corrected chi connectivity index (χ3v) is 6.15. The van der Waals surface area contributed by atoms with E-state index in [1.54, 1.807) is 0 Å². The van der Waals surface area contributed by atoms with Gasteiger partial charge in [-0.3, -0.25) is 4.79 Å². The van der Waals surface area contributed by atoms with Crippen LogP contribution in [0.3, 0.4) is 0 Å². The van der Waals surface area contributed by atoms with E-state index in [9.17, 15) is 9.59 Å². The number of carbonyl (C=O) groups excluding carboxylic acids is 2. The van der Waals surface area contributed by atoms with Crippen LogP contribution in [-0.4, -0.2) is 36.2 Å². The van der Waals surface area contributed by atoms with E-state index in [1.807, 2.05) is 48.5 Å². The lowest BCUT2D eigenvalue weighted by molar-refractivity contribution is -0.158. The van der Waals surface area contributed by atoms with Crippen LogP contribution < -0.4 is 14.8 Å². The minimum Gasteiger partial charge on any atom is -0.480 e. The molecule has 0 saturated heterocycles. The first-order valence-corrected chi connectivity index (χ1v) is 10.7. The summed E-state index contributed by atoms with van der Waals surface area (Å²) in [4.78, 5) is 25.1. The summed E-state index contributed by atoms with van der Waals surface area (Å²) < 4.78 is 17.2. The molecule has 2 unspecified atom stereocenters. The third-order valence-electron chi connectivity index (χ3n) is 6.15. The fourth-order valence-electron chi connectivity index (χ4n) is 4.50. The monoisotopic (exact) mass is 407 g/mol. The van der Waals surface area contributed by atoms with Crippen molar-refractivity contribution in [2.24, 2.45) is 0 Å². The van der Waals surface area contributed by atoms with Gasteiger partial charge in [-0.2, -0.15) is 0 Å². The molecule has 6 nitrogen and oxygen atoms in total. The van der Waals surface area contributed by atoms with Gasteiger partial charge in [0.15, 0.2) is 12.2 Å². The van der Waals surface area contributed by atoms with Crippen molar-refractivity contribution in [1.29, 1.82) is 0 Å². The van der Waals surface area contributed by atoms with Crippen LogP contribution >= 0.6 is 0 Å². The highest BCUT2D eigenvalue weighted by molar-refractivity contribution is 5.82. The number of esters is 1. The van der Waals surface area contributed by atoms with Gasteiger partial charge in [-0.25, -0.2) is 4.79 Å². The van der Waals surface area contributed by atoms with E-state index in [4.69, 9.17) is 14.2 Å². The van der Waals surface area contributed by atoms with E-state index < -0.39 is 12.2 Å². The van der Waals surface area contributed by atoms with Gasteiger partial charge in [0.2, 0.25) is 0 Å². The van der Waals surface area contributed by atoms with Gasteiger partial charge < -0.3 is 19.5 Å². The maximum absolute atomic E-state index is 12.6. The molecule has 0 bridgehead atoms. The molecule has 3 aliphatic rings. The minimum absolute atomic E-state index is 0.0660. The highest BCUT2D eigenvalue weighted by Gasteiger charge is 2.34. The van der Waals surface area contributed by atoms with Crippen molar-refractivity contribution >= 4 is 11.9 Å². The zero-order valence-electron chi connectivity index (χ0n) is 16.7. The summed E-state index contributed by atoms with van der Waals surface area (Å²) in [6.45, 7) is 0. The molecule has 0 aromatic heterocycles. The fourth-order valence-corrected chi connectivity index (χ4v) is 4.50. The molecular weight excluding hydrogens is 382 g/mol. The highest BCUT2D eigenvalue weighted by Crippen LogP contribution is 2.31. The number of nitrogens with one attached hydrogen (secondary N) is 1. The SMILES string of the molecule is O=C(NC1CCC(OC(=O)C2Cc3ccccc3O2)CC1)C1Cc2ccccc2O1. The molecule has 5 rings (SSSR count). The van der Waals surface area contributed by atoms with E-state index in [-0.39, 0.29) is 24.0 Å². The van der Waals surface area contributed by atoms with Crippen molar-refractivity contribution in [3.8, 4) is 11.5 Å². The van der Waals surface area contributed by atoms with Gasteiger partial charge >= 0.3 is 5.97 Å². The molecule has 30 heavy (non-hydrogen) atoms. The normalized spacial score (nSPS) is 26.7. The predicted molar refractivity (Wildman–Crippen MR) is 109 cm³/mol. The van der Waals surface area contributed by atoms with E-state index in [0.29, 0.717) is 12.8 Å². The Hall–Kier alpha value is -3.02. The van der Waals surface area contributed by atoms with Gasteiger partial charge in [0.25, 0.3) is 5.91 Å². The molecule has 2 aromatic rings. The van der Waals surface area contributed by atoms with Gasteiger partial charge in [-0.15, -0.1) is 0 Å². The highest BCUT2D eigenvalue weighted by atomic mass is 16.6. The van der Waals surface area contributed by atoms with Crippen molar-refractivity contribution in [3.05, 3.63) is 59.7 Å². The Morgan fingerprint density at radius 1 is 0.800 bits per heavy atom. The fraction of sp³-hybridized carbons (Fsp3) is 0.417. The minimum atomic E-state index is -0.555. The Kier molecular flexibility index (Phi) is 5.07.